The Hall–Kier alpha value is -0.580. The van der Waals surface area contributed by atoms with Gasteiger partial charge in [0.2, 0.25) is 0 Å². The molecule has 0 aliphatic rings. The molecule has 14 heteroatoms. The van der Waals surface area contributed by atoms with Crippen LogP contribution in [0.1, 0.15) is 6.42 Å². The molecule has 0 bridgehead atoms. The molecule has 0 heterocycles. The molecule has 3 rings (SSSR count). The zero-order chi connectivity index (χ0) is 23.0. The average Bonchev–Trinajstić information content (AvgIpc) is 2.79. The summed E-state index contributed by atoms with van der Waals surface area (Å²) in [7, 11) is -2.93. The van der Waals surface area contributed by atoms with Gasteiger partial charge in [0.15, 0.2) is 0 Å². The number of hydrogen-bond acceptors (Lipinski definition) is 11. The van der Waals surface area contributed by atoms with E-state index in [1.807, 2.05) is 6.07 Å². The van der Waals surface area contributed by atoms with Crippen LogP contribution >= 0.6 is 12.0 Å². The number of rotatable bonds is 11. The predicted molar refractivity (Wildman–Crippen MR) is 113 cm³/mol. The summed E-state index contributed by atoms with van der Waals surface area (Å²) in [4.78, 5) is 0.289. The second-order valence-electron chi connectivity index (χ2n) is 6.36. The maximum atomic E-state index is 11.1. The molecule has 0 atom stereocenters. The van der Waals surface area contributed by atoms with Gasteiger partial charge in [0.05, 0.1) is 29.2 Å². The first kappa shape index (κ1) is 31.4. The van der Waals surface area contributed by atoms with Crippen LogP contribution in [-0.4, -0.2) is 33.3 Å². The van der Waals surface area contributed by atoms with Gasteiger partial charge in [-0.25, -0.2) is 8.42 Å². The fraction of sp³-hybridized carbons (Fsp3) is 0.200. The van der Waals surface area contributed by atoms with Gasteiger partial charge in [-0.1, -0.05) is 12.1 Å². The summed E-state index contributed by atoms with van der Waals surface area (Å²) in [5.74, 6) is 0.496. The third kappa shape index (κ3) is 9.13. The van der Waals surface area contributed by atoms with Crippen LogP contribution in [0.3, 0.4) is 0 Å². The Morgan fingerprint density at radius 1 is 0.971 bits per heavy atom. The fourth-order valence-electron chi connectivity index (χ4n) is 2.77. The molecule has 0 spiro atoms. The Morgan fingerprint density at radius 2 is 1.71 bits per heavy atom. The minimum Gasteiger partial charge on any atom is -0.744 e. The van der Waals surface area contributed by atoms with E-state index in [0.29, 0.717) is 41.7 Å². The number of methoxy groups -OCH3 is 1. The Kier molecular flexibility index (Phi) is 14.4. The van der Waals surface area contributed by atoms with Crippen molar-refractivity contribution >= 4 is 44.3 Å². The van der Waals surface area contributed by atoms with Gasteiger partial charge >= 0.3 is 59.1 Å². The van der Waals surface area contributed by atoms with Crippen molar-refractivity contribution in [2.45, 2.75) is 16.2 Å². The first-order valence-corrected chi connectivity index (χ1v) is 11.4. The number of fused-ring (bicyclic) bond motifs is 1. The van der Waals surface area contributed by atoms with E-state index in [0.717, 1.165) is 22.8 Å². The minimum atomic E-state index is -4.54. The zero-order valence-corrected chi connectivity index (χ0v) is 24.4. The van der Waals surface area contributed by atoms with E-state index in [1.54, 1.807) is 31.4 Å². The van der Waals surface area contributed by atoms with Crippen LogP contribution in [0.4, 0.5) is 11.4 Å². The van der Waals surface area contributed by atoms with Gasteiger partial charge in [-0.2, -0.15) is 9.45 Å². The molecule has 0 aliphatic carbocycles. The van der Waals surface area contributed by atoms with Crippen molar-refractivity contribution in [3.63, 3.8) is 0 Å². The minimum absolute atomic E-state index is 0. The summed E-state index contributed by atoms with van der Waals surface area (Å²) in [6.45, 7) is 0.947. The molecule has 0 unspecified atom stereocenters. The monoisotopic (exact) mass is 524 g/mol. The van der Waals surface area contributed by atoms with Gasteiger partial charge in [-0.15, -0.1) is 5.11 Å². The van der Waals surface area contributed by atoms with Crippen molar-refractivity contribution in [2.24, 2.45) is 10.2 Å². The summed E-state index contributed by atoms with van der Waals surface area (Å²) in [5.41, 5.74) is 0.811. The summed E-state index contributed by atoms with van der Waals surface area (Å²) in [5, 5.41) is 23.4. The molecule has 0 N–H and O–H groups in total. The van der Waals surface area contributed by atoms with Crippen LogP contribution in [-0.2, 0) is 24.2 Å². The van der Waals surface area contributed by atoms with Crippen molar-refractivity contribution in [3.05, 3.63) is 54.6 Å². The first-order valence-electron chi connectivity index (χ1n) is 9.22. The SMILES string of the molecule is COCCCOc1ccc2cc(SOO[O-])ccc2c1N=Nc1ccc(S(=O)(=O)[O-])cc1.[Na+].[Na+]. The maximum absolute atomic E-state index is 11.1. The molecule has 0 saturated carbocycles. The summed E-state index contributed by atoms with van der Waals surface area (Å²) in [6, 6.07) is 13.9. The predicted octanol–water partition coefficient (Wildman–Crippen LogP) is -2.19. The van der Waals surface area contributed by atoms with E-state index < -0.39 is 10.1 Å². The molecule has 0 aliphatic heterocycles. The largest absolute Gasteiger partial charge is 1.00 e. The van der Waals surface area contributed by atoms with Crippen LogP contribution in [0.15, 0.2) is 74.6 Å². The van der Waals surface area contributed by atoms with Crippen molar-refractivity contribution in [1.82, 2.24) is 0 Å². The van der Waals surface area contributed by atoms with E-state index in [-0.39, 0.29) is 64.0 Å². The zero-order valence-electron chi connectivity index (χ0n) is 18.8. The molecule has 3 aromatic rings. The van der Waals surface area contributed by atoms with Gasteiger partial charge in [0.25, 0.3) is 0 Å². The molecule has 0 saturated heterocycles. The van der Waals surface area contributed by atoms with Crippen molar-refractivity contribution in [2.75, 3.05) is 20.3 Å². The molecular weight excluding hydrogens is 506 g/mol. The van der Waals surface area contributed by atoms with Crippen LogP contribution in [0.2, 0.25) is 0 Å². The summed E-state index contributed by atoms with van der Waals surface area (Å²) >= 11 is 0.770. The standard InChI is InChI=1S/C20H20N2O8S2.2Na/c1-27-11-2-12-28-19-10-3-14-13-16(31-30-29-23)6-9-18(14)20(19)22-21-15-4-7-17(8-5-15)32(24,25)26;;/h3-10,13,23H,2,11-12H2,1H3,(H,24,25,26);;/q;2*+1/p-2. The van der Waals surface area contributed by atoms with Crippen LogP contribution < -0.4 is 69.1 Å². The fourth-order valence-corrected chi connectivity index (χ4v) is 3.64. The normalized spacial score (nSPS) is 11.3. The smallest absolute Gasteiger partial charge is 0.744 e. The number of benzene rings is 3. The molecule has 170 valence electrons. The average molecular weight is 524 g/mol. The molecule has 0 fully saturated rings. The summed E-state index contributed by atoms with van der Waals surface area (Å²) in [6.07, 6.45) is 0.679. The van der Waals surface area contributed by atoms with Crippen LogP contribution in [0.25, 0.3) is 10.8 Å². The first-order chi connectivity index (χ1) is 15.4. The van der Waals surface area contributed by atoms with Crippen molar-refractivity contribution in [1.29, 1.82) is 0 Å². The third-order valence-corrected chi connectivity index (χ3v) is 5.64. The van der Waals surface area contributed by atoms with E-state index >= 15 is 0 Å². The molecule has 0 aromatic heterocycles. The van der Waals surface area contributed by atoms with Gasteiger partial charge in [0, 0.05) is 30.4 Å². The molecule has 10 nitrogen and oxygen atoms in total. The van der Waals surface area contributed by atoms with Crippen molar-refractivity contribution < 1.29 is 96.2 Å². The van der Waals surface area contributed by atoms with Gasteiger partial charge < -0.3 is 19.3 Å². The number of azo groups is 1. The molecule has 34 heavy (non-hydrogen) atoms. The van der Waals surface area contributed by atoms with Crippen LogP contribution in [0, 0.1) is 0 Å². The Morgan fingerprint density at radius 3 is 2.35 bits per heavy atom. The van der Waals surface area contributed by atoms with E-state index in [9.17, 15) is 18.2 Å². The van der Waals surface area contributed by atoms with Crippen LogP contribution in [0.5, 0.6) is 5.75 Å². The molecule has 0 amide bonds. The quantitative estimate of drug-likeness (QED) is 0.0520. The third-order valence-electron chi connectivity index (χ3n) is 4.23. The molecule has 3 aromatic carbocycles. The Labute approximate surface area is 245 Å². The van der Waals surface area contributed by atoms with Gasteiger partial charge in [-0.05, 0) is 47.9 Å². The molecule has 0 radical (unpaired) electrons. The maximum Gasteiger partial charge on any atom is 1.00 e. The van der Waals surface area contributed by atoms with Gasteiger partial charge in [0.1, 0.15) is 21.6 Å². The summed E-state index contributed by atoms with van der Waals surface area (Å²) < 4.78 is 48.5. The van der Waals surface area contributed by atoms with E-state index in [1.165, 1.54) is 24.3 Å². The number of nitrogens with zero attached hydrogens (tertiary/aromatic N) is 2. The van der Waals surface area contributed by atoms with E-state index in [2.05, 4.69) is 19.6 Å². The second-order valence-corrected chi connectivity index (χ2v) is 8.51. The van der Waals surface area contributed by atoms with E-state index in [4.69, 9.17) is 9.47 Å². The van der Waals surface area contributed by atoms with Gasteiger partial charge in [-0.3, -0.25) is 5.04 Å². The topological polar surface area (TPSA) is 142 Å². The number of hydrogen-bond donors (Lipinski definition) is 0. The second kappa shape index (κ2) is 15.5. The Balaban J connectivity index is 0.00000289. The number of ether oxygens (including phenoxy) is 2. The Bertz CT molecular complexity index is 1200. The van der Waals surface area contributed by atoms with Crippen molar-refractivity contribution in [3.8, 4) is 5.75 Å². The molecular formula is C20H18N2Na2O8S2.